The van der Waals surface area contributed by atoms with Crippen LogP contribution in [0, 0.1) is 5.92 Å². The summed E-state index contributed by atoms with van der Waals surface area (Å²) in [6, 6.07) is 9.05. The van der Waals surface area contributed by atoms with Crippen LogP contribution in [0.3, 0.4) is 0 Å². The molecule has 5 nitrogen and oxygen atoms in total. The molecule has 0 spiro atoms. The van der Waals surface area contributed by atoms with Crippen LogP contribution in [-0.2, 0) is 19.1 Å². The molecule has 0 aromatic heterocycles. The van der Waals surface area contributed by atoms with Crippen molar-refractivity contribution in [2.24, 2.45) is 5.92 Å². The maximum Gasteiger partial charge on any atom is 0.312 e. The molecule has 0 aliphatic carbocycles. The predicted octanol–water partition coefficient (Wildman–Crippen LogP) is 1.42. The van der Waals surface area contributed by atoms with Crippen molar-refractivity contribution in [2.75, 3.05) is 20.8 Å². The van der Waals surface area contributed by atoms with Gasteiger partial charge in [0.1, 0.15) is 18.3 Å². The number of carbonyl (C=O) groups excluding carboxylic acids is 2. The molecule has 0 bridgehead atoms. The molecule has 1 atom stereocenters. The normalized spacial score (nSPS) is 11.4. The number of hydrogen-bond donors (Lipinski definition) is 0. The number of methoxy groups -OCH3 is 2. The highest BCUT2D eigenvalue weighted by molar-refractivity contribution is 5.79. The van der Waals surface area contributed by atoms with E-state index in [1.165, 1.54) is 14.2 Å². The highest BCUT2D eigenvalue weighted by Crippen LogP contribution is 2.13. The molecule has 1 unspecified atom stereocenters. The van der Waals surface area contributed by atoms with E-state index >= 15 is 0 Å². The van der Waals surface area contributed by atoms with E-state index in [4.69, 9.17) is 4.74 Å². The van der Waals surface area contributed by atoms with Gasteiger partial charge in [0, 0.05) is 0 Å². The summed E-state index contributed by atoms with van der Waals surface area (Å²) in [5.74, 6) is -0.989. The van der Waals surface area contributed by atoms with E-state index in [0.29, 0.717) is 5.75 Å². The highest BCUT2D eigenvalue weighted by atomic mass is 16.5. The van der Waals surface area contributed by atoms with Gasteiger partial charge in [-0.3, -0.25) is 9.59 Å². The number of ether oxygens (including phenoxy) is 3. The second kappa shape index (κ2) is 7.32. The number of rotatable bonds is 6. The van der Waals surface area contributed by atoms with Crippen LogP contribution in [0.25, 0.3) is 0 Å². The Morgan fingerprint density at radius 1 is 1.11 bits per heavy atom. The van der Waals surface area contributed by atoms with Gasteiger partial charge in [-0.25, -0.2) is 0 Å². The van der Waals surface area contributed by atoms with Gasteiger partial charge in [-0.1, -0.05) is 18.2 Å². The molecule has 1 aromatic rings. The smallest absolute Gasteiger partial charge is 0.312 e. The molecular formula is C13H16O5. The zero-order valence-corrected chi connectivity index (χ0v) is 10.4. The van der Waals surface area contributed by atoms with Crippen LogP contribution in [0.2, 0.25) is 0 Å². The predicted molar refractivity (Wildman–Crippen MR) is 64.1 cm³/mol. The Labute approximate surface area is 106 Å². The Morgan fingerprint density at radius 3 is 2.33 bits per heavy atom. The molecule has 0 N–H and O–H groups in total. The molecule has 0 amide bonds. The lowest BCUT2D eigenvalue weighted by Crippen LogP contribution is -2.26. The monoisotopic (exact) mass is 252 g/mol. The van der Waals surface area contributed by atoms with Crippen molar-refractivity contribution in [1.82, 2.24) is 0 Å². The lowest BCUT2D eigenvalue weighted by atomic mass is 10.1. The van der Waals surface area contributed by atoms with Gasteiger partial charge in [-0.05, 0) is 12.1 Å². The first-order valence-electron chi connectivity index (χ1n) is 5.50. The quantitative estimate of drug-likeness (QED) is 0.716. The minimum absolute atomic E-state index is 0.0595. The second-order valence-electron chi connectivity index (χ2n) is 3.62. The summed E-state index contributed by atoms with van der Waals surface area (Å²) in [5, 5.41) is 0. The summed E-state index contributed by atoms with van der Waals surface area (Å²) in [7, 11) is 2.55. The molecule has 0 aliphatic heterocycles. The van der Waals surface area contributed by atoms with E-state index in [1.54, 1.807) is 12.1 Å². The molecule has 0 aliphatic rings. The Bertz CT molecular complexity index is 388. The van der Waals surface area contributed by atoms with Gasteiger partial charge in [-0.15, -0.1) is 0 Å². The molecule has 98 valence electrons. The van der Waals surface area contributed by atoms with Gasteiger partial charge >= 0.3 is 11.9 Å². The van der Waals surface area contributed by atoms with Crippen LogP contribution >= 0.6 is 0 Å². The lowest BCUT2D eigenvalue weighted by molar-refractivity contribution is -0.153. The second-order valence-corrected chi connectivity index (χ2v) is 3.62. The minimum Gasteiger partial charge on any atom is -0.493 e. The summed E-state index contributed by atoms with van der Waals surface area (Å²) >= 11 is 0. The van der Waals surface area contributed by atoms with Crippen LogP contribution in [0.1, 0.15) is 6.42 Å². The molecule has 0 heterocycles. The summed E-state index contributed by atoms with van der Waals surface area (Å²) < 4.78 is 14.6. The summed E-state index contributed by atoms with van der Waals surface area (Å²) in [5.41, 5.74) is 0. The van der Waals surface area contributed by atoms with Gasteiger partial charge in [0.15, 0.2) is 0 Å². The van der Waals surface area contributed by atoms with E-state index in [0.717, 1.165) is 0 Å². The zero-order chi connectivity index (χ0) is 13.4. The van der Waals surface area contributed by atoms with Crippen molar-refractivity contribution in [3.05, 3.63) is 30.3 Å². The molecule has 0 radical (unpaired) electrons. The third kappa shape index (κ3) is 4.45. The fraction of sp³-hybridized carbons (Fsp3) is 0.385. The summed E-state index contributed by atoms with van der Waals surface area (Å²) in [4.78, 5) is 22.6. The van der Waals surface area contributed by atoms with E-state index in [9.17, 15) is 9.59 Å². The lowest BCUT2D eigenvalue weighted by Gasteiger charge is -2.14. The Balaban J connectivity index is 2.56. The Morgan fingerprint density at radius 2 is 1.78 bits per heavy atom. The molecule has 5 heteroatoms. The third-order valence-corrected chi connectivity index (χ3v) is 2.37. The van der Waals surface area contributed by atoms with E-state index < -0.39 is 17.9 Å². The van der Waals surface area contributed by atoms with Crippen LogP contribution in [0.5, 0.6) is 5.75 Å². The molecule has 18 heavy (non-hydrogen) atoms. The van der Waals surface area contributed by atoms with Crippen molar-refractivity contribution in [1.29, 1.82) is 0 Å². The van der Waals surface area contributed by atoms with Gasteiger partial charge < -0.3 is 14.2 Å². The van der Waals surface area contributed by atoms with Crippen molar-refractivity contribution < 1.29 is 23.8 Å². The largest absolute Gasteiger partial charge is 0.493 e. The molecule has 1 rings (SSSR count). The SMILES string of the molecule is COC(=O)CC(COc1ccccc1)C(=O)OC. The zero-order valence-electron chi connectivity index (χ0n) is 10.4. The van der Waals surface area contributed by atoms with Crippen molar-refractivity contribution >= 4 is 11.9 Å². The number of carbonyl (C=O) groups is 2. The van der Waals surface area contributed by atoms with E-state index in [-0.39, 0.29) is 13.0 Å². The molecule has 1 aromatic carbocycles. The molecular weight excluding hydrogens is 236 g/mol. The Kier molecular flexibility index (Phi) is 5.70. The maximum atomic E-state index is 11.5. The standard InChI is InChI=1S/C13H16O5/c1-16-12(14)8-10(13(15)17-2)9-18-11-6-4-3-5-7-11/h3-7,10H,8-9H2,1-2H3. The summed E-state index contributed by atoms with van der Waals surface area (Å²) in [6.45, 7) is 0.0752. The molecule has 0 fully saturated rings. The fourth-order valence-corrected chi connectivity index (χ4v) is 1.38. The van der Waals surface area contributed by atoms with Gasteiger partial charge in [0.2, 0.25) is 0 Å². The Hall–Kier alpha value is -2.04. The molecule has 0 saturated carbocycles. The maximum absolute atomic E-state index is 11.5. The third-order valence-electron chi connectivity index (χ3n) is 2.37. The first kappa shape index (κ1) is 14.0. The van der Waals surface area contributed by atoms with Crippen LogP contribution in [-0.4, -0.2) is 32.8 Å². The summed E-state index contributed by atoms with van der Waals surface area (Å²) in [6.07, 6.45) is -0.0595. The number of hydrogen-bond acceptors (Lipinski definition) is 5. The highest BCUT2D eigenvalue weighted by Gasteiger charge is 2.24. The van der Waals surface area contributed by atoms with Crippen LogP contribution in [0.15, 0.2) is 30.3 Å². The minimum atomic E-state index is -0.664. The van der Waals surface area contributed by atoms with Crippen molar-refractivity contribution in [3.63, 3.8) is 0 Å². The first-order chi connectivity index (χ1) is 8.67. The average Bonchev–Trinajstić information content (AvgIpc) is 2.43. The van der Waals surface area contributed by atoms with Gasteiger partial charge in [0.25, 0.3) is 0 Å². The molecule has 0 saturated heterocycles. The van der Waals surface area contributed by atoms with Gasteiger partial charge in [-0.2, -0.15) is 0 Å². The fourth-order valence-electron chi connectivity index (χ4n) is 1.38. The van der Waals surface area contributed by atoms with Crippen molar-refractivity contribution in [2.45, 2.75) is 6.42 Å². The first-order valence-corrected chi connectivity index (χ1v) is 5.50. The van der Waals surface area contributed by atoms with Crippen LogP contribution in [0.4, 0.5) is 0 Å². The number of benzene rings is 1. The number of para-hydroxylation sites is 1. The topological polar surface area (TPSA) is 61.8 Å². The van der Waals surface area contributed by atoms with Crippen LogP contribution < -0.4 is 4.74 Å². The van der Waals surface area contributed by atoms with E-state index in [2.05, 4.69) is 9.47 Å². The van der Waals surface area contributed by atoms with Crippen molar-refractivity contribution in [3.8, 4) is 5.75 Å². The number of esters is 2. The van der Waals surface area contributed by atoms with Gasteiger partial charge in [0.05, 0.1) is 20.6 Å². The average molecular weight is 252 g/mol. The van der Waals surface area contributed by atoms with E-state index in [1.807, 2.05) is 18.2 Å².